The van der Waals surface area contributed by atoms with Crippen LogP contribution in [0.15, 0.2) is 47.3 Å². The molecule has 1 N–H and O–H groups in total. The first kappa shape index (κ1) is 12.2. The second-order valence-electron chi connectivity index (χ2n) is 3.86. The highest BCUT2D eigenvalue weighted by atomic mass is 79.9. The van der Waals surface area contributed by atoms with Gasteiger partial charge in [-0.2, -0.15) is 0 Å². The lowest BCUT2D eigenvalue weighted by molar-refractivity contribution is 0.567. The average molecular weight is 292 g/mol. The van der Waals surface area contributed by atoms with Gasteiger partial charge in [-0.25, -0.2) is 9.97 Å². The molecule has 0 unspecified atom stereocenters. The van der Waals surface area contributed by atoms with Crippen LogP contribution in [0.2, 0.25) is 0 Å². The summed E-state index contributed by atoms with van der Waals surface area (Å²) in [7, 11) is 0. The standard InChI is InChI=1S/C13H14BrN3/c1-10(11-3-2-4-12(14)7-11)16-8-13-5-6-15-9-17-13/h2-7,9-10,16H,8H2,1H3/t10-/m1/s1. The lowest BCUT2D eigenvalue weighted by Crippen LogP contribution is -2.18. The molecule has 2 aromatic rings. The predicted molar refractivity (Wildman–Crippen MR) is 71.4 cm³/mol. The Balaban J connectivity index is 1.96. The first-order valence-corrected chi connectivity index (χ1v) is 6.29. The second kappa shape index (κ2) is 5.89. The van der Waals surface area contributed by atoms with Gasteiger partial charge in [0.1, 0.15) is 6.33 Å². The van der Waals surface area contributed by atoms with Gasteiger partial charge < -0.3 is 5.32 Å². The lowest BCUT2D eigenvalue weighted by atomic mass is 10.1. The van der Waals surface area contributed by atoms with E-state index in [2.05, 4.69) is 50.3 Å². The van der Waals surface area contributed by atoms with Gasteiger partial charge in [-0.05, 0) is 30.7 Å². The highest BCUT2D eigenvalue weighted by Gasteiger charge is 2.05. The number of aromatic nitrogens is 2. The highest BCUT2D eigenvalue weighted by molar-refractivity contribution is 9.10. The van der Waals surface area contributed by atoms with Crippen LogP contribution in [-0.4, -0.2) is 9.97 Å². The molecule has 1 heterocycles. The van der Waals surface area contributed by atoms with E-state index < -0.39 is 0 Å². The fraction of sp³-hybridized carbons (Fsp3) is 0.231. The Labute approximate surface area is 109 Å². The van der Waals surface area contributed by atoms with Crippen LogP contribution in [0.4, 0.5) is 0 Å². The lowest BCUT2D eigenvalue weighted by Gasteiger charge is -2.14. The Morgan fingerprint density at radius 3 is 2.94 bits per heavy atom. The maximum Gasteiger partial charge on any atom is 0.115 e. The first-order valence-electron chi connectivity index (χ1n) is 5.49. The summed E-state index contributed by atoms with van der Waals surface area (Å²) in [6.07, 6.45) is 3.33. The maximum absolute atomic E-state index is 4.18. The van der Waals surface area contributed by atoms with Gasteiger partial charge in [0, 0.05) is 23.3 Å². The van der Waals surface area contributed by atoms with E-state index in [1.54, 1.807) is 12.5 Å². The molecule has 1 atom stereocenters. The summed E-state index contributed by atoms with van der Waals surface area (Å²) in [4.78, 5) is 8.08. The first-order chi connectivity index (χ1) is 8.25. The van der Waals surface area contributed by atoms with Gasteiger partial charge in [-0.3, -0.25) is 0 Å². The van der Waals surface area contributed by atoms with Crippen LogP contribution in [-0.2, 0) is 6.54 Å². The zero-order chi connectivity index (χ0) is 12.1. The van der Waals surface area contributed by atoms with Gasteiger partial charge in [0.05, 0.1) is 5.69 Å². The largest absolute Gasteiger partial charge is 0.305 e. The number of hydrogen-bond acceptors (Lipinski definition) is 3. The van der Waals surface area contributed by atoms with E-state index in [9.17, 15) is 0 Å². The van der Waals surface area contributed by atoms with Crippen molar-refractivity contribution in [2.45, 2.75) is 19.5 Å². The number of halogens is 1. The van der Waals surface area contributed by atoms with Crippen molar-refractivity contribution in [1.29, 1.82) is 0 Å². The van der Waals surface area contributed by atoms with Crippen molar-refractivity contribution in [3.8, 4) is 0 Å². The molecule has 0 saturated carbocycles. The van der Waals surface area contributed by atoms with E-state index >= 15 is 0 Å². The Morgan fingerprint density at radius 1 is 1.35 bits per heavy atom. The monoisotopic (exact) mass is 291 g/mol. The zero-order valence-corrected chi connectivity index (χ0v) is 11.2. The quantitative estimate of drug-likeness (QED) is 0.941. The molecule has 17 heavy (non-hydrogen) atoms. The minimum absolute atomic E-state index is 0.294. The number of hydrogen-bond donors (Lipinski definition) is 1. The van der Waals surface area contributed by atoms with E-state index in [4.69, 9.17) is 0 Å². The molecular weight excluding hydrogens is 278 g/mol. The van der Waals surface area contributed by atoms with Crippen molar-refractivity contribution in [2.75, 3.05) is 0 Å². The maximum atomic E-state index is 4.18. The van der Waals surface area contributed by atoms with Crippen molar-refractivity contribution < 1.29 is 0 Å². The molecule has 0 aliphatic heterocycles. The fourth-order valence-corrected chi connectivity index (χ4v) is 1.99. The summed E-state index contributed by atoms with van der Waals surface area (Å²) < 4.78 is 1.10. The summed E-state index contributed by atoms with van der Waals surface area (Å²) in [5, 5.41) is 3.43. The van der Waals surface area contributed by atoms with Crippen molar-refractivity contribution in [2.24, 2.45) is 0 Å². The van der Waals surface area contributed by atoms with Crippen LogP contribution in [0.3, 0.4) is 0 Å². The number of nitrogens with one attached hydrogen (secondary N) is 1. The number of benzene rings is 1. The highest BCUT2D eigenvalue weighted by Crippen LogP contribution is 2.17. The summed E-state index contributed by atoms with van der Waals surface area (Å²) in [6, 6.07) is 10.5. The van der Waals surface area contributed by atoms with Crippen molar-refractivity contribution in [3.05, 3.63) is 58.6 Å². The zero-order valence-electron chi connectivity index (χ0n) is 9.60. The topological polar surface area (TPSA) is 37.8 Å². The molecule has 2 rings (SSSR count). The van der Waals surface area contributed by atoms with E-state index in [0.29, 0.717) is 6.04 Å². The molecule has 0 radical (unpaired) electrons. The molecule has 0 bridgehead atoms. The van der Waals surface area contributed by atoms with Crippen molar-refractivity contribution in [1.82, 2.24) is 15.3 Å². The Kier molecular flexibility index (Phi) is 4.23. The Morgan fingerprint density at radius 2 is 2.24 bits per heavy atom. The molecule has 3 nitrogen and oxygen atoms in total. The van der Waals surface area contributed by atoms with Gasteiger partial charge in [-0.1, -0.05) is 28.1 Å². The molecule has 0 spiro atoms. The minimum atomic E-state index is 0.294. The molecule has 0 saturated heterocycles. The summed E-state index contributed by atoms with van der Waals surface area (Å²) in [6.45, 7) is 2.89. The summed E-state index contributed by atoms with van der Waals surface area (Å²) in [5.41, 5.74) is 2.26. The average Bonchev–Trinajstić information content (AvgIpc) is 2.37. The van der Waals surface area contributed by atoms with E-state index in [1.165, 1.54) is 5.56 Å². The van der Waals surface area contributed by atoms with Gasteiger partial charge in [-0.15, -0.1) is 0 Å². The van der Waals surface area contributed by atoms with Crippen molar-refractivity contribution in [3.63, 3.8) is 0 Å². The third kappa shape index (κ3) is 3.61. The van der Waals surface area contributed by atoms with Crippen molar-refractivity contribution >= 4 is 15.9 Å². The fourth-order valence-electron chi connectivity index (χ4n) is 1.57. The van der Waals surface area contributed by atoms with E-state index in [0.717, 1.165) is 16.7 Å². The summed E-state index contributed by atoms with van der Waals surface area (Å²) >= 11 is 3.48. The van der Waals surface area contributed by atoms with E-state index in [-0.39, 0.29) is 0 Å². The van der Waals surface area contributed by atoms with Gasteiger partial charge in [0.25, 0.3) is 0 Å². The molecule has 1 aromatic heterocycles. The third-order valence-corrected chi connectivity index (χ3v) is 3.07. The molecule has 0 aliphatic carbocycles. The molecule has 1 aromatic carbocycles. The SMILES string of the molecule is C[C@@H](NCc1ccncn1)c1cccc(Br)c1. The molecule has 4 heteroatoms. The normalized spacial score (nSPS) is 12.4. The van der Waals surface area contributed by atoms with Crippen LogP contribution < -0.4 is 5.32 Å². The number of rotatable bonds is 4. The van der Waals surface area contributed by atoms with Crippen LogP contribution in [0.1, 0.15) is 24.2 Å². The second-order valence-corrected chi connectivity index (χ2v) is 4.77. The van der Waals surface area contributed by atoms with Gasteiger partial charge in [0.15, 0.2) is 0 Å². The van der Waals surface area contributed by atoms with Gasteiger partial charge >= 0.3 is 0 Å². The number of nitrogens with zero attached hydrogens (tertiary/aromatic N) is 2. The van der Waals surface area contributed by atoms with Gasteiger partial charge in [0.2, 0.25) is 0 Å². The smallest absolute Gasteiger partial charge is 0.115 e. The Hall–Kier alpha value is -1.26. The molecule has 88 valence electrons. The third-order valence-electron chi connectivity index (χ3n) is 2.58. The predicted octanol–water partition coefficient (Wildman–Crippen LogP) is 3.09. The van der Waals surface area contributed by atoms with Crippen LogP contribution in [0.5, 0.6) is 0 Å². The van der Waals surface area contributed by atoms with E-state index in [1.807, 2.05) is 18.2 Å². The molecule has 0 amide bonds. The minimum Gasteiger partial charge on any atom is -0.305 e. The summed E-state index contributed by atoms with van der Waals surface area (Å²) in [5.74, 6) is 0. The van der Waals surface area contributed by atoms with Crippen LogP contribution >= 0.6 is 15.9 Å². The van der Waals surface area contributed by atoms with Crippen LogP contribution in [0, 0.1) is 0 Å². The van der Waals surface area contributed by atoms with Crippen LogP contribution in [0.25, 0.3) is 0 Å². The molecular formula is C13H14BrN3. The Bertz CT molecular complexity index is 473. The molecule has 0 aliphatic rings. The molecule has 0 fully saturated rings.